The smallest absolute Gasteiger partial charge is 0.150 e. The van der Waals surface area contributed by atoms with Crippen LogP contribution >= 0.6 is 0 Å². The van der Waals surface area contributed by atoms with Crippen LogP contribution in [0.1, 0.15) is 34.1 Å². The van der Waals surface area contributed by atoms with Gasteiger partial charge in [-0.15, -0.1) is 0 Å². The van der Waals surface area contributed by atoms with Crippen LogP contribution in [-0.4, -0.2) is 26.5 Å². The van der Waals surface area contributed by atoms with E-state index < -0.39 is 9.84 Å². The van der Waals surface area contributed by atoms with E-state index >= 15 is 0 Å². The third-order valence-corrected chi connectivity index (χ3v) is 4.46. The third-order valence-electron chi connectivity index (χ3n) is 2.73. The Balaban J connectivity index is 4.24. The van der Waals surface area contributed by atoms with Crippen LogP contribution in [0.5, 0.6) is 0 Å². The molecule has 1 unspecified atom stereocenters. The quantitative estimate of drug-likeness (QED) is 0.764. The molecule has 2 N–H and O–H groups in total. The highest BCUT2D eigenvalue weighted by Gasteiger charge is 2.24. The van der Waals surface area contributed by atoms with Crippen LogP contribution in [0.25, 0.3) is 0 Å². The Kier molecular flexibility index (Phi) is 5.09. The lowest BCUT2D eigenvalue weighted by molar-refractivity contribution is 0.241. The van der Waals surface area contributed by atoms with Crippen molar-refractivity contribution in [2.45, 2.75) is 34.1 Å². The molecule has 0 heterocycles. The zero-order valence-corrected chi connectivity index (χ0v) is 10.5. The van der Waals surface area contributed by atoms with Crippen molar-refractivity contribution in [2.24, 2.45) is 17.1 Å². The summed E-state index contributed by atoms with van der Waals surface area (Å²) < 4.78 is 22.6. The molecule has 86 valence electrons. The van der Waals surface area contributed by atoms with Gasteiger partial charge in [0.15, 0.2) is 0 Å². The van der Waals surface area contributed by atoms with Gasteiger partial charge in [-0.2, -0.15) is 0 Å². The van der Waals surface area contributed by atoms with Gasteiger partial charge in [0.1, 0.15) is 9.84 Å². The minimum atomic E-state index is -2.84. The number of hydrogen-bond acceptors (Lipinski definition) is 3. The van der Waals surface area contributed by atoms with Crippen LogP contribution in [0.4, 0.5) is 0 Å². The number of nitrogens with two attached hydrogens (primary N) is 1. The summed E-state index contributed by atoms with van der Waals surface area (Å²) in [4.78, 5) is 0. The fourth-order valence-electron chi connectivity index (χ4n) is 1.37. The van der Waals surface area contributed by atoms with Gasteiger partial charge in [-0.3, -0.25) is 0 Å². The Morgan fingerprint density at radius 2 is 1.79 bits per heavy atom. The molecule has 3 nitrogen and oxygen atoms in total. The van der Waals surface area contributed by atoms with Crippen LogP contribution in [0, 0.1) is 11.3 Å². The molecule has 0 rings (SSSR count). The van der Waals surface area contributed by atoms with E-state index in [0.29, 0.717) is 13.0 Å². The van der Waals surface area contributed by atoms with Gasteiger partial charge in [0.05, 0.1) is 5.75 Å². The third kappa shape index (κ3) is 4.96. The topological polar surface area (TPSA) is 60.2 Å². The summed E-state index contributed by atoms with van der Waals surface area (Å²) in [6.07, 6.45) is 0.677. The lowest BCUT2D eigenvalue weighted by atomic mass is 9.79. The van der Waals surface area contributed by atoms with Gasteiger partial charge in [0.25, 0.3) is 0 Å². The van der Waals surface area contributed by atoms with E-state index in [4.69, 9.17) is 5.73 Å². The Bertz CT molecular complexity index is 252. The van der Waals surface area contributed by atoms with Crippen molar-refractivity contribution in [1.29, 1.82) is 0 Å². The molecule has 0 saturated carbocycles. The van der Waals surface area contributed by atoms with Crippen molar-refractivity contribution in [1.82, 2.24) is 0 Å². The molecule has 1 atom stereocenters. The predicted octanol–water partition coefficient (Wildman–Crippen LogP) is 1.43. The molecular formula is C10H23NO2S. The van der Waals surface area contributed by atoms with E-state index in [-0.39, 0.29) is 22.8 Å². The van der Waals surface area contributed by atoms with Crippen LogP contribution < -0.4 is 5.73 Å². The van der Waals surface area contributed by atoms with Crippen molar-refractivity contribution in [2.75, 3.05) is 18.1 Å². The molecule has 0 aromatic rings. The highest BCUT2D eigenvalue weighted by molar-refractivity contribution is 7.91. The molecule has 14 heavy (non-hydrogen) atoms. The summed E-state index contributed by atoms with van der Waals surface area (Å²) in [5, 5.41) is 0. The molecule has 0 aliphatic carbocycles. The van der Waals surface area contributed by atoms with Crippen molar-refractivity contribution >= 4 is 9.84 Å². The normalized spacial score (nSPS) is 15.5. The molecule has 0 aliphatic heterocycles. The lowest BCUT2D eigenvalue weighted by Gasteiger charge is -2.29. The molecule has 0 spiro atoms. The van der Waals surface area contributed by atoms with Crippen LogP contribution in [0.2, 0.25) is 0 Å². The van der Waals surface area contributed by atoms with E-state index in [1.807, 2.05) is 0 Å². The van der Waals surface area contributed by atoms with Crippen LogP contribution in [0.15, 0.2) is 0 Å². The molecule has 0 aromatic carbocycles. The summed E-state index contributed by atoms with van der Waals surface area (Å²) in [6.45, 7) is 8.54. The Morgan fingerprint density at radius 3 is 2.07 bits per heavy atom. The highest BCUT2D eigenvalue weighted by Crippen LogP contribution is 2.28. The number of rotatable bonds is 5. The van der Waals surface area contributed by atoms with Crippen LogP contribution in [0.3, 0.4) is 0 Å². The van der Waals surface area contributed by atoms with E-state index in [0.717, 1.165) is 0 Å². The summed E-state index contributed by atoms with van der Waals surface area (Å²) in [6, 6.07) is 0. The summed E-state index contributed by atoms with van der Waals surface area (Å²) in [5.74, 6) is 0.778. The molecule has 0 fully saturated rings. The van der Waals surface area contributed by atoms with Crippen molar-refractivity contribution < 1.29 is 8.42 Å². The SMILES string of the molecule is CCS(=O)(=O)CCC(CN)C(C)(C)C. The van der Waals surface area contributed by atoms with Gasteiger partial charge in [0.2, 0.25) is 0 Å². The zero-order valence-electron chi connectivity index (χ0n) is 9.71. The molecule has 0 amide bonds. The second-order valence-corrected chi connectivity index (χ2v) is 7.30. The Labute approximate surface area is 88.0 Å². The minimum Gasteiger partial charge on any atom is -0.330 e. The average Bonchev–Trinajstić information content (AvgIpc) is 2.03. The maximum atomic E-state index is 11.3. The summed E-state index contributed by atoms with van der Waals surface area (Å²) in [7, 11) is -2.84. The fourth-order valence-corrected chi connectivity index (χ4v) is 2.30. The number of sulfone groups is 1. The maximum absolute atomic E-state index is 11.3. The maximum Gasteiger partial charge on any atom is 0.150 e. The largest absolute Gasteiger partial charge is 0.330 e. The Morgan fingerprint density at radius 1 is 1.29 bits per heavy atom. The monoisotopic (exact) mass is 221 g/mol. The van der Waals surface area contributed by atoms with Gasteiger partial charge < -0.3 is 5.73 Å². The number of hydrogen-bond donors (Lipinski definition) is 1. The van der Waals surface area contributed by atoms with Crippen molar-refractivity contribution in [3.8, 4) is 0 Å². The van der Waals surface area contributed by atoms with Gasteiger partial charge in [-0.05, 0) is 24.3 Å². The first kappa shape index (κ1) is 13.9. The van der Waals surface area contributed by atoms with Gasteiger partial charge in [0, 0.05) is 5.75 Å². The van der Waals surface area contributed by atoms with Gasteiger partial charge >= 0.3 is 0 Å². The Hall–Kier alpha value is -0.0900. The second kappa shape index (κ2) is 5.12. The molecular weight excluding hydrogens is 198 g/mol. The van der Waals surface area contributed by atoms with Gasteiger partial charge in [-0.25, -0.2) is 8.42 Å². The standard InChI is InChI=1S/C10H23NO2S/c1-5-14(12,13)7-6-9(8-11)10(2,3)4/h9H,5-8,11H2,1-4H3. The van der Waals surface area contributed by atoms with E-state index in [1.165, 1.54) is 0 Å². The first-order valence-electron chi connectivity index (χ1n) is 5.13. The molecule has 4 heteroatoms. The van der Waals surface area contributed by atoms with Crippen molar-refractivity contribution in [3.05, 3.63) is 0 Å². The van der Waals surface area contributed by atoms with E-state index in [1.54, 1.807) is 6.92 Å². The predicted molar refractivity (Wildman–Crippen MR) is 60.9 cm³/mol. The first-order valence-corrected chi connectivity index (χ1v) is 6.95. The summed E-state index contributed by atoms with van der Waals surface area (Å²) in [5.41, 5.74) is 5.73. The highest BCUT2D eigenvalue weighted by atomic mass is 32.2. The lowest BCUT2D eigenvalue weighted by Crippen LogP contribution is -2.30. The van der Waals surface area contributed by atoms with Crippen molar-refractivity contribution in [3.63, 3.8) is 0 Å². The second-order valence-electron chi connectivity index (χ2n) is 4.82. The molecule has 0 aromatic heterocycles. The average molecular weight is 221 g/mol. The van der Waals surface area contributed by atoms with E-state index in [2.05, 4.69) is 20.8 Å². The zero-order chi connectivity index (χ0) is 11.4. The van der Waals surface area contributed by atoms with E-state index in [9.17, 15) is 8.42 Å². The minimum absolute atomic E-state index is 0.0952. The molecule has 0 aliphatic rings. The van der Waals surface area contributed by atoms with Gasteiger partial charge in [-0.1, -0.05) is 27.7 Å². The first-order chi connectivity index (χ1) is 6.23. The molecule has 0 saturated heterocycles. The molecule has 0 radical (unpaired) electrons. The molecule has 0 bridgehead atoms. The van der Waals surface area contributed by atoms with Crippen LogP contribution in [-0.2, 0) is 9.84 Å². The summed E-state index contributed by atoms with van der Waals surface area (Å²) >= 11 is 0. The fraction of sp³-hybridized carbons (Fsp3) is 1.00.